The summed E-state index contributed by atoms with van der Waals surface area (Å²) in [5.41, 5.74) is 1.14. The highest BCUT2D eigenvalue weighted by atomic mass is 16.2. The Morgan fingerprint density at radius 2 is 1.83 bits per heavy atom. The van der Waals surface area contributed by atoms with Crippen LogP contribution >= 0.6 is 0 Å². The summed E-state index contributed by atoms with van der Waals surface area (Å²) >= 11 is 0. The standard InChI is InChI=1S/C18H21N3O2/c1-13(22)17(18(23)19-2)20-21(3)12-11-15-9-6-8-14-7-4-5-10-16(14)15/h4-10H,11-12H2,1-3H3,(H,19,23). The maximum atomic E-state index is 11.6. The van der Waals surface area contributed by atoms with Crippen molar-refractivity contribution in [3.05, 3.63) is 48.0 Å². The molecule has 0 aliphatic heterocycles. The summed E-state index contributed by atoms with van der Waals surface area (Å²) in [6.45, 7) is 1.95. The van der Waals surface area contributed by atoms with E-state index in [1.165, 1.54) is 30.3 Å². The van der Waals surface area contributed by atoms with E-state index in [1.54, 1.807) is 12.1 Å². The fraction of sp³-hybridized carbons (Fsp3) is 0.278. The Hall–Kier alpha value is -2.69. The molecule has 1 amide bonds. The molecule has 5 heteroatoms. The second-order valence-corrected chi connectivity index (χ2v) is 5.35. The zero-order valence-corrected chi connectivity index (χ0v) is 13.7. The van der Waals surface area contributed by atoms with Crippen molar-refractivity contribution in [2.24, 2.45) is 5.10 Å². The molecule has 5 nitrogen and oxygen atoms in total. The van der Waals surface area contributed by atoms with Crippen LogP contribution in [0.25, 0.3) is 10.8 Å². The van der Waals surface area contributed by atoms with E-state index < -0.39 is 5.91 Å². The van der Waals surface area contributed by atoms with Crippen LogP contribution in [0.2, 0.25) is 0 Å². The second kappa shape index (κ2) is 7.54. The lowest BCUT2D eigenvalue weighted by molar-refractivity contribution is -0.117. The minimum atomic E-state index is -0.463. The number of benzene rings is 2. The van der Waals surface area contributed by atoms with E-state index in [-0.39, 0.29) is 11.5 Å². The number of hydrogen-bond donors (Lipinski definition) is 1. The van der Waals surface area contributed by atoms with Crippen LogP contribution in [0.3, 0.4) is 0 Å². The zero-order valence-electron chi connectivity index (χ0n) is 13.7. The van der Waals surface area contributed by atoms with Gasteiger partial charge in [0.2, 0.25) is 0 Å². The fourth-order valence-electron chi connectivity index (χ4n) is 2.41. The third kappa shape index (κ3) is 4.16. The molecule has 0 fully saturated rings. The van der Waals surface area contributed by atoms with Crippen molar-refractivity contribution in [3.63, 3.8) is 0 Å². The van der Waals surface area contributed by atoms with Crippen molar-refractivity contribution in [1.82, 2.24) is 10.3 Å². The number of carbonyl (C=O) groups is 2. The van der Waals surface area contributed by atoms with Crippen molar-refractivity contribution in [3.8, 4) is 0 Å². The van der Waals surface area contributed by atoms with Gasteiger partial charge in [-0.1, -0.05) is 42.5 Å². The predicted octanol–water partition coefficient (Wildman–Crippen LogP) is 2.01. The highest BCUT2D eigenvalue weighted by Crippen LogP contribution is 2.19. The number of rotatable bonds is 6. The number of nitrogens with zero attached hydrogens (tertiary/aromatic N) is 2. The second-order valence-electron chi connectivity index (χ2n) is 5.35. The Morgan fingerprint density at radius 3 is 2.52 bits per heavy atom. The van der Waals surface area contributed by atoms with Crippen LogP contribution in [0.4, 0.5) is 0 Å². The highest BCUT2D eigenvalue weighted by molar-refractivity contribution is 6.65. The van der Waals surface area contributed by atoms with Gasteiger partial charge in [0.15, 0.2) is 11.5 Å². The molecule has 0 aliphatic carbocycles. The topological polar surface area (TPSA) is 61.8 Å². The molecule has 23 heavy (non-hydrogen) atoms. The third-order valence-electron chi connectivity index (χ3n) is 3.63. The summed E-state index contributed by atoms with van der Waals surface area (Å²) in [6, 6.07) is 14.4. The van der Waals surface area contributed by atoms with Gasteiger partial charge in [0, 0.05) is 27.6 Å². The van der Waals surface area contributed by atoms with E-state index in [4.69, 9.17) is 0 Å². The molecule has 0 spiro atoms. The molecule has 0 saturated heterocycles. The van der Waals surface area contributed by atoms with Gasteiger partial charge in [0.1, 0.15) is 0 Å². The smallest absolute Gasteiger partial charge is 0.275 e. The first kappa shape index (κ1) is 16.7. The molecule has 1 N–H and O–H groups in total. The number of hydrogen-bond acceptors (Lipinski definition) is 4. The summed E-state index contributed by atoms with van der Waals surface area (Å²) in [7, 11) is 3.24. The number of hydrazone groups is 1. The van der Waals surface area contributed by atoms with Crippen LogP contribution in [-0.2, 0) is 16.0 Å². The number of amides is 1. The van der Waals surface area contributed by atoms with Crippen molar-refractivity contribution < 1.29 is 9.59 Å². The van der Waals surface area contributed by atoms with Crippen LogP contribution in [0, 0.1) is 0 Å². The van der Waals surface area contributed by atoms with Crippen molar-refractivity contribution >= 4 is 28.2 Å². The molecule has 0 atom stereocenters. The lowest BCUT2D eigenvalue weighted by atomic mass is 10.0. The molecule has 2 aromatic carbocycles. The Balaban J connectivity index is 2.13. The van der Waals surface area contributed by atoms with Gasteiger partial charge in [-0.2, -0.15) is 5.10 Å². The van der Waals surface area contributed by atoms with Gasteiger partial charge in [-0.15, -0.1) is 0 Å². The van der Waals surface area contributed by atoms with Gasteiger partial charge in [-0.25, -0.2) is 0 Å². The monoisotopic (exact) mass is 311 g/mol. The van der Waals surface area contributed by atoms with E-state index in [1.807, 2.05) is 18.2 Å². The molecule has 120 valence electrons. The Kier molecular flexibility index (Phi) is 5.46. The normalized spacial score (nSPS) is 11.3. The zero-order chi connectivity index (χ0) is 16.8. The van der Waals surface area contributed by atoms with E-state index in [0.717, 1.165) is 6.42 Å². The van der Waals surface area contributed by atoms with Gasteiger partial charge in [-0.05, 0) is 22.8 Å². The van der Waals surface area contributed by atoms with E-state index in [0.29, 0.717) is 6.54 Å². The van der Waals surface area contributed by atoms with Gasteiger partial charge >= 0.3 is 0 Å². The van der Waals surface area contributed by atoms with E-state index >= 15 is 0 Å². The SMILES string of the molecule is CNC(=O)C(=NN(C)CCc1cccc2ccccc12)C(C)=O. The Labute approximate surface area is 136 Å². The Bertz CT molecular complexity index is 748. The van der Waals surface area contributed by atoms with Gasteiger partial charge in [-0.3, -0.25) is 14.6 Å². The van der Waals surface area contributed by atoms with Gasteiger partial charge < -0.3 is 5.32 Å². The van der Waals surface area contributed by atoms with Crippen LogP contribution in [0.5, 0.6) is 0 Å². The molecule has 0 aromatic heterocycles. The van der Waals surface area contributed by atoms with Gasteiger partial charge in [0.25, 0.3) is 5.91 Å². The first-order valence-corrected chi connectivity index (χ1v) is 7.52. The summed E-state index contributed by atoms with van der Waals surface area (Å²) in [4.78, 5) is 23.2. The number of carbonyl (C=O) groups excluding carboxylic acids is 2. The largest absolute Gasteiger partial charge is 0.354 e. The fourth-order valence-corrected chi connectivity index (χ4v) is 2.41. The molecule has 0 bridgehead atoms. The van der Waals surface area contributed by atoms with Gasteiger partial charge in [0.05, 0.1) is 0 Å². The lowest BCUT2D eigenvalue weighted by Gasteiger charge is -2.15. The van der Waals surface area contributed by atoms with Crippen LogP contribution < -0.4 is 5.32 Å². The van der Waals surface area contributed by atoms with E-state index in [2.05, 4.69) is 34.7 Å². The minimum absolute atomic E-state index is 0.0760. The molecular formula is C18H21N3O2. The lowest BCUT2D eigenvalue weighted by Crippen LogP contribution is -2.34. The number of nitrogens with one attached hydrogen (secondary N) is 1. The van der Waals surface area contributed by atoms with Crippen LogP contribution in [-0.4, -0.2) is 43.1 Å². The first-order chi connectivity index (χ1) is 11.0. The number of likely N-dealkylation sites (N-methyl/N-ethyl adjacent to an activating group) is 1. The predicted molar refractivity (Wildman–Crippen MR) is 92.5 cm³/mol. The number of fused-ring (bicyclic) bond motifs is 1. The Morgan fingerprint density at radius 1 is 1.13 bits per heavy atom. The molecule has 2 rings (SSSR count). The average Bonchev–Trinajstić information content (AvgIpc) is 2.56. The van der Waals surface area contributed by atoms with Crippen LogP contribution in [0.15, 0.2) is 47.6 Å². The molecule has 0 radical (unpaired) electrons. The maximum absolute atomic E-state index is 11.6. The van der Waals surface area contributed by atoms with Crippen molar-refractivity contribution in [2.75, 3.05) is 20.6 Å². The molecule has 0 unspecified atom stereocenters. The molecule has 2 aromatic rings. The first-order valence-electron chi connectivity index (χ1n) is 7.52. The molecular weight excluding hydrogens is 290 g/mol. The number of Topliss-reactive ketones (excluding diaryl/α,β-unsaturated/α-hetero) is 1. The minimum Gasteiger partial charge on any atom is -0.354 e. The van der Waals surface area contributed by atoms with Crippen molar-refractivity contribution in [2.45, 2.75) is 13.3 Å². The summed E-state index contributed by atoms with van der Waals surface area (Å²) < 4.78 is 0. The maximum Gasteiger partial charge on any atom is 0.275 e. The quantitative estimate of drug-likeness (QED) is 0.504. The molecule has 0 saturated carbocycles. The third-order valence-corrected chi connectivity index (χ3v) is 3.63. The number of ketones is 1. The molecule has 0 heterocycles. The van der Waals surface area contributed by atoms with E-state index in [9.17, 15) is 9.59 Å². The summed E-state index contributed by atoms with van der Waals surface area (Å²) in [5.74, 6) is -0.809. The summed E-state index contributed by atoms with van der Waals surface area (Å²) in [6.07, 6.45) is 0.778. The molecule has 0 aliphatic rings. The highest BCUT2D eigenvalue weighted by Gasteiger charge is 2.16. The summed E-state index contributed by atoms with van der Waals surface area (Å²) in [5, 5.41) is 10.6. The van der Waals surface area contributed by atoms with Crippen molar-refractivity contribution in [1.29, 1.82) is 0 Å². The van der Waals surface area contributed by atoms with Crippen LogP contribution in [0.1, 0.15) is 12.5 Å². The average molecular weight is 311 g/mol.